The van der Waals surface area contributed by atoms with Gasteiger partial charge in [-0.25, -0.2) is 0 Å². The average molecular weight is 448 g/mol. The zero-order chi connectivity index (χ0) is 17.8. The highest BCUT2D eigenvalue weighted by Gasteiger charge is 2.14. The van der Waals surface area contributed by atoms with Crippen molar-refractivity contribution in [2.45, 2.75) is 25.7 Å². The van der Waals surface area contributed by atoms with Crippen LogP contribution in [0, 0.1) is 3.57 Å². The molecule has 3 rings (SSSR count). The summed E-state index contributed by atoms with van der Waals surface area (Å²) in [5, 5.41) is 10.2. The summed E-state index contributed by atoms with van der Waals surface area (Å²) in [6.07, 6.45) is 2.97. The molecule has 0 fully saturated rings. The Balaban J connectivity index is 2.08. The van der Waals surface area contributed by atoms with Gasteiger partial charge in [-0.3, -0.25) is 4.79 Å². The van der Waals surface area contributed by atoms with Crippen molar-refractivity contribution in [1.29, 1.82) is 0 Å². The van der Waals surface area contributed by atoms with E-state index in [1.54, 1.807) is 0 Å². The summed E-state index contributed by atoms with van der Waals surface area (Å²) in [6, 6.07) is 14.3. The van der Waals surface area contributed by atoms with E-state index in [9.17, 15) is 4.79 Å². The molecule has 4 N–H and O–H groups in total. The van der Waals surface area contributed by atoms with E-state index in [-0.39, 0.29) is 6.42 Å². The van der Waals surface area contributed by atoms with Crippen LogP contribution in [0.2, 0.25) is 0 Å². The second-order valence-corrected chi connectivity index (χ2v) is 7.43. The number of carboxylic acid groups (broad SMARTS) is 1. The first kappa shape index (κ1) is 17.9. The predicted octanol–water partition coefficient (Wildman–Crippen LogP) is 4.35. The molecule has 25 heavy (non-hydrogen) atoms. The van der Waals surface area contributed by atoms with Gasteiger partial charge in [0.1, 0.15) is 0 Å². The van der Waals surface area contributed by atoms with Gasteiger partial charge in [-0.15, -0.1) is 0 Å². The Labute approximate surface area is 160 Å². The fourth-order valence-electron chi connectivity index (χ4n) is 3.15. The maximum atomic E-state index is 11.0. The van der Waals surface area contributed by atoms with Gasteiger partial charge in [-0.2, -0.15) is 0 Å². The molecule has 0 aliphatic carbocycles. The molecular weight excluding hydrogens is 427 g/mol. The highest BCUT2D eigenvalue weighted by Crippen LogP contribution is 2.32. The van der Waals surface area contributed by atoms with Crippen LogP contribution < -0.4 is 5.73 Å². The Morgan fingerprint density at radius 2 is 1.88 bits per heavy atom. The molecule has 1 heterocycles. The van der Waals surface area contributed by atoms with Gasteiger partial charge in [-0.1, -0.05) is 18.2 Å². The van der Waals surface area contributed by atoms with Gasteiger partial charge in [0.05, 0.1) is 6.42 Å². The van der Waals surface area contributed by atoms with E-state index in [2.05, 4.69) is 51.8 Å². The number of unbranched alkanes of at least 4 members (excludes halogenated alkanes) is 1. The third-order valence-corrected chi connectivity index (χ3v) is 5.06. The number of aliphatic carboxylic acids is 1. The smallest absolute Gasteiger partial charge is 0.307 e. The van der Waals surface area contributed by atoms with Gasteiger partial charge >= 0.3 is 5.97 Å². The topological polar surface area (TPSA) is 79.1 Å². The minimum atomic E-state index is -0.808. The van der Waals surface area contributed by atoms with E-state index in [0.29, 0.717) is 6.54 Å². The third kappa shape index (κ3) is 4.22. The van der Waals surface area contributed by atoms with Gasteiger partial charge < -0.3 is 15.8 Å². The van der Waals surface area contributed by atoms with Crippen LogP contribution in [0.1, 0.15) is 24.0 Å². The first-order valence-corrected chi connectivity index (χ1v) is 9.47. The molecule has 0 aliphatic heterocycles. The summed E-state index contributed by atoms with van der Waals surface area (Å²) >= 11 is 2.30. The highest BCUT2D eigenvalue weighted by atomic mass is 127. The van der Waals surface area contributed by atoms with Crippen LogP contribution in [0.15, 0.2) is 42.5 Å². The van der Waals surface area contributed by atoms with E-state index < -0.39 is 5.97 Å². The number of aromatic amines is 1. The number of aromatic nitrogens is 1. The lowest BCUT2D eigenvalue weighted by atomic mass is 9.99. The Kier molecular flexibility index (Phi) is 5.75. The molecule has 0 atom stereocenters. The number of rotatable bonds is 7. The van der Waals surface area contributed by atoms with Gasteiger partial charge in [0.25, 0.3) is 0 Å². The summed E-state index contributed by atoms with van der Waals surface area (Å²) in [5.41, 5.74) is 11.0. The van der Waals surface area contributed by atoms with Crippen molar-refractivity contribution in [2.75, 3.05) is 6.54 Å². The van der Waals surface area contributed by atoms with Crippen molar-refractivity contribution in [3.63, 3.8) is 0 Å². The standard InChI is InChI=1S/C20H21IN2O2/c21-15-7-5-14(6-8-15)20-16(3-1-2-10-22)17-11-13(12-19(24)25)4-9-18(17)23-20/h4-9,11,23H,1-3,10,12,22H2,(H,24,25). The number of aryl methyl sites for hydroxylation is 1. The first-order valence-electron chi connectivity index (χ1n) is 8.40. The molecule has 5 heteroatoms. The molecule has 0 spiro atoms. The average Bonchev–Trinajstić information content (AvgIpc) is 2.93. The zero-order valence-corrected chi connectivity index (χ0v) is 16.0. The van der Waals surface area contributed by atoms with E-state index in [1.165, 1.54) is 9.13 Å². The van der Waals surface area contributed by atoms with Crippen LogP contribution in [0.5, 0.6) is 0 Å². The minimum absolute atomic E-state index is 0.0439. The van der Waals surface area contributed by atoms with E-state index in [4.69, 9.17) is 10.8 Å². The van der Waals surface area contributed by atoms with Crippen LogP contribution in [0.3, 0.4) is 0 Å². The number of nitrogens with one attached hydrogen (secondary N) is 1. The Bertz CT molecular complexity index is 885. The normalized spacial score (nSPS) is 11.1. The quantitative estimate of drug-likeness (QED) is 0.372. The van der Waals surface area contributed by atoms with Gasteiger partial charge in [0.2, 0.25) is 0 Å². The number of carbonyl (C=O) groups is 1. The number of fused-ring (bicyclic) bond motifs is 1. The van der Waals surface area contributed by atoms with Crippen molar-refractivity contribution in [1.82, 2.24) is 4.98 Å². The molecule has 130 valence electrons. The fourth-order valence-corrected chi connectivity index (χ4v) is 3.51. The van der Waals surface area contributed by atoms with Crippen molar-refractivity contribution in [3.05, 3.63) is 57.2 Å². The van der Waals surface area contributed by atoms with Crippen LogP contribution in [0.4, 0.5) is 0 Å². The number of nitrogens with two attached hydrogens (primary N) is 1. The van der Waals surface area contributed by atoms with Gasteiger partial charge in [0.15, 0.2) is 0 Å². The Hall–Kier alpha value is -1.86. The van der Waals surface area contributed by atoms with Gasteiger partial charge in [-0.05, 0) is 89.4 Å². The van der Waals surface area contributed by atoms with Crippen LogP contribution >= 0.6 is 22.6 Å². The maximum absolute atomic E-state index is 11.0. The summed E-state index contributed by atoms with van der Waals surface area (Å²) in [7, 11) is 0. The first-order chi connectivity index (χ1) is 12.1. The summed E-state index contributed by atoms with van der Waals surface area (Å²) in [4.78, 5) is 14.6. The Morgan fingerprint density at radius 3 is 2.56 bits per heavy atom. The number of H-pyrrole nitrogens is 1. The monoisotopic (exact) mass is 448 g/mol. The van der Waals surface area contributed by atoms with Crippen molar-refractivity contribution < 1.29 is 9.90 Å². The molecular formula is C20H21IN2O2. The second kappa shape index (κ2) is 8.01. The number of benzene rings is 2. The molecule has 0 saturated heterocycles. The number of carboxylic acids is 1. The Morgan fingerprint density at radius 1 is 1.12 bits per heavy atom. The molecule has 2 aromatic carbocycles. The molecule has 4 nitrogen and oxygen atoms in total. The molecule has 0 saturated carbocycles. The third-order valence-electron chi connectivity index (χ3n) is 4.34. The highest BCUT2D eigenvalue weighted by molar-refractivity contribution is 14.1. The zero-order valence-electron chi connectivity index (χ0n) is 13.9. The minimum Gasteiger partial charge on any atom is -0.481 e. The number of hydrogen-bond donors (Lipinski definition) is 3. The lowest BCUT2D eigenvalue weighted by Crippen LogP contribution is -2.00. The molecule has 0 radical (unpaired) electrons. The molecule has 0 amide bonds. The van der Waals surface area contributed by atoms with Crippen molar-refractivity contribution in [3.8, 4) is 11.3 Å². The lowest BCUT2D eigenvalue weighted by Gasteiger charge is -2.06. The summed E-state index contributed by atoms with van der Waals surface area (Å²) < 4.78 is 1.20. The second-order valence-electron chi connectivity index (χ2n) is 6.18. The number of halogens is 1. The number of hydrogen-bond acceptors (Lipinski definition) is 2. The largest absolute Gasteiger partial charge is 0.481 e. The fraction of sp³-hybridized carbons (Fsp3) is 0.250. The lowest BCUT2D eigenvalue weighted by molar-refractivity contribution is -0.136. The summed E-state index contributed by atoms with van der Waals surface area (Å²) in [5.74, 6) is -0.808. The van der Waals surface area contributed by atoms with Crippen LogP contribution in [0.25, 0.3) is 22.2 Å². The van der Waals surface area contributed by atoms with E-state index in [1.807, 2.05) is 18.2 Å². The predicted molar refractivity (Wildman–Crippen MR) is 110 cm³/mol. The van der Waals surface area contributed by atoms with Gasteiger partial charge in [0, 0.05) is 20.2 Å². The van der Waals surface area contributed by atoms with Crippen molar-refractivity contribution >= 4 is 39.5 Å². The molecule has 0 bridgehead atoms. The van der Waals surface area contributed by atoms with E-state index >= 15 is 0 Å². The molecule has 3 aromatic rings. The van der Waals surface area contributed by atoms with Crippen molar-refractivity contribution in [2.24, 2.45) is 5.73 Å². The van der Waals surface area contributed by atoms with Crippen LogP contribution in [-0.4, -0.2) is 22.6 Å². The molecule has 1 aromatic heterocycles. The molecule has 0 unspecified atom stereocenters. The van der Waals surface area contributed by atoms with E-state index in [0.717, 1.165) is 47.0 Å². The maximum Gasteiger partial charge on any atom is 0.307 e. The summed E-state index contributed by atoms with van der Waals surface area (Å²) in [6.45, 7) is 0.686. The molecule has 0 aliphatic rings. The van der Waals surface area contributed by atoms with Crippen LogP contribution in [-0.2, 0) is 17.6 Å². The SMILES string of the molecule is NCCCCc1c(-c2ccc(I)cc2)[nH]c2ccc(CC(=O)O)cc12.